The molecule has 1 saturated heterocycles. The van der Waals surface area contributed by atoms with E-state index in [1.54, 1.807) is 6.07 Å². The van der Waals surface area contributed by atoms with Crippen LogP contribution in [-0.4, -0.2) is 55.6 Å². The molecule has 9 heteroatoms. The average Bonchev–Trinajstić information content (AvgIpc) is 2.64. The summed E-state index contributed by atoms with van der Waals surface area (Å²) in [4.78, 5) is 13.8. The number of methoxy groups -OCH3 is 1. The van der Waals surface area contributed by atoms with Crippen LogP contribution in [0.4, 0.5) is 13.2 Å². The quantitative estimate of drug-likeness (QED) is 0.799. The van der Waals surface area contributed by atoms with Crippen molar-refractivity contribution in [3.8, 4) is 11.5 Å². The van der Waals surface area contributed by atoms with E-state index in [0.717, 1.165) is 31.2 Å². The Balaban J connectivity index is 1.73. The van der Waals surface area contributed by atoms with E-state index in [-0.39, 0.29) is 17.7 Å². The Kier molecular flexibility index (Phi) is 6.58. The number of nitrogens with zero attached hydrogens (tertiary/aromatic N) is 1. The van der Waals surface area contributed by atoms with Gasteiger partial charge in [0.1, 0.15) is 17.1 Å². The molecule has 1 saturated carbocycles. The minimum atomic E-state index is -4.75. The van der Waals surface area contributed by atoms with Gasteiger partial charge in [0.15, 0.2) is 0 Å². The molecular formula is C20H27F3N2O4. The van der Waals surface area contributed by atoms with Gasteiger partial charge in [-0.15, -0.1) is 13.2 Å². The summed E-state index contributed by atoms with van der Waals surface area (Å²) in [6.07, 6.45) is -0.922. The molecule has 1 aromatic carbocycles. The maximum atomic E-state index is 12.5. The maximum absolute atomic E-state index is 12.5. The zero-order valence-corrected chi connectivity index (χ0v) is 16.7. The van der Waals surface area contributed by atoms with Crippen molar-refractivity contribution in [2.75, 3.05) is 26.8 Å². The highest BCUT2D eigenvalue weighted by Crippen LogP contribution is 2.36. The number of carbonyl (C=O) groups is 1. The van der Waals surface area contributed by atoms with Crippen LogP contribution in [0.2, 0.25) is 0 Å². The first-order chi connectivity index (χ1) is 13.7. The average molecular weight is 416 g/mol. The summed E-state index contributed by atoms with van der Waals surface area (Å²) >= 11 is 0. The minimum absolute atomic E-state index is 0.0407. The smallest absolute Gasteiger partial charge is 0.496 e. The topological polar surface area (TPSA) is 60.0 Å². The summed E-state index contributed by atoms with van der Waals surface area (Å²) < 4.78 is 52.8. The molecule has 2 aliphatic rings. The first-order valence-electron chi connectivity index (χ1n) is 9.77. The third kappa shape index (κ3) is 5.54. The molecule has 1 amide bonds. The first-order valence-corrected chi connectivity index (χ1v) is 9.77. The lowest BCUT2D eigenvalue weighted by molar-refractivity contribution is -0.274. The van der Waals surface area contributed by atoms with Crippen molar-refractivity contribution in [2.45, 2.75) is 57.2 Å². The van der Waals surface area contributed by atoms with E-state index in [1.807, 2.05) is 0 Å². The number of benzene rings is 1. The van der Waals surface area contributed by atoms with Gasteiger partial charge in [0.05, 0.1) is 19.8 Å². The standard InChI is InChI=1S/C20H27F3N2O4/c1-14(26)24-18-5-3-4-8-19(18)13-25(9-10-28-19)12-15-6-7-16(11-17(15)27-2)29-20(21,22)23/h6-7,11,18H,3-5,8-10,12-13H2,1-2H3,(H,24,26)/t18-,19+/m0/s1. The number of morpholine rings is 1. The molecule has 1 aromatic rings. The molecule has 2 atom stereocenters. The number of hydrogen-bond donors (Lipinski definition) is 1. The molecule has 1 aliphatic carbocycles. The van der Waals surface area contributed by atoms with Crippen LogP contribution >= 0.6 is 0 Å². The maximum Gasteiger partial charge on any atom is 0.573 e. The second-order valence-corrected chi connectivity index (χ2v) is 7.64. The van der Waals surface area contributed by atoms with E-state index in [2.05, 4.69) is 15.0 Å². The molecule has 162 valence electrons. The van der Waals surface area contributed by atoms with Gasteiger partial charge in [0.25, 0.3) is 0 Å². The Bertz CT molecular complexity index is 724. The molecule has 29 heavy (non-hydrogen) atoms. The zero-order chi connectivity index (χ0) is 21.1. The summed E-state index contributed by atoms with van der Waals surface area (Å²) in [5.41, 5.74) is 0.334. The predicted molar refractivity (Wildman–Crippen MR) is 99.7 cm³/mol. The van der Waals surface area contributed by atoms with E-state index in [0.29, 0.717) is 32.0 Å². The predicted octanol–water partition coefficient (Wildman–Crippen LogP) is 3.24. The molecule has 1 heterocycles. The number of nitrogens with one attached hydrogen (secondary N) is 1. The molecule has 0 unspecified atom stereocenters. The van der Waals surface area contributed by atoms with Crippen LogP contribution in [0.1, 0.15) is 38.2 Å². The van der Waals surface area contributed by atoms with Crippen molar-refractivity contribution in [3.05, 3.63) is 23.8 Å². The van der Waals surface area contributed by atoms with Crippen LogP contribution in [0.25, 0.3) is 0 Å². The number of ether oxygens (including phenoxy) is 3. The Labute approximate surface area is 168 Å². The van der Waals surface area contributed by atoms with Gasteiger partial charge in [-0.25, -0.2) is 0 Å². The van der Waals surface area contributed by atoms with Gasteiger partial charge in [0, 0.05) is 38.2 Å². The van der Waals surface area contributed by atoms with Gasteiger partial charge in [-0.1, -0.05) is 18.9 Å². The second-order valence-electron chi connectivity index (χ2n) is 7.64. The minimum Gasteiger partial charge on any atom is -0.496 e. The largest absolute Gasteiger partial charge is 0.573 e. The van der Waals surface area contributed by atoms with Crippen molar-refractivity contribution in [1.82, 2.24) is 10.2 Å². The third-order valence-electron chi connectivity index (χ3n) is 5.53. The lowest BCUT2D eigenvalue weighted by Crippen LogP contribution is -2.63. The van der Waals surface area contributed by atoms with Crippen molar-refractivity contribution < 1.29 is 32.2 Å². The zero-order valence-electron chi connectivity index (χ0n) is 16.7. The van der Waals surface area contributed by atoms with Gasteiger partial charge < -0.3 is 19.5 Å². The normalized spacial score (nSPS) is 25.6. The Morgan fingerprint density at radius 1 is 1.38 bits per heavy atom. The second kappa shape index (κ2) is 8.79. The molecule has 1 spiro atoms. The highest BCUT2D eigenvalue weighted by molar-refractivity contribution is 5.73. The molecular weight excluding hydrogens is 389 g/mol. The summed E-state index contributed by atoms with van der Waals surface area (Å²) in [6.45, 7) is 3.89. The number of amides is 1. The highest BCUT2D eigenvalue weighted by Gasteiger charge is 2.45. The number of alkyl halides is 3. The molecule has 1 aliphatic heterocycles. The highest BCUT2D eigenvalue weighted by atomic mass is 19.4. The fraction of sp³-hybridized carbons (Fsp3) is 0.650. The van der Waals surface area contributed by atoms with Crippen LogP contribution in [0, 0.1) is 0 Å². The monoisotopic (exact) mass is 416 g/mol. The van der Waals surface area contributed by atoms with Crippen molar-refractivity contribution in [2.24, 2.45) is 0 Å². The molecule has 6 nitrogen and oxygen atoms in total. The molecule has 1 N–H and O–H groups in total. The molecule has 0 radical (unpaired) electrons. The van der Waals surface area contributed by atoms with Crippen LogP contribution < -0.4 is 14.8 Å². The van der Waals surface area contributed by atoms with E-state index in [4.69, 9.17) is 9.47 Å². The number of rotatable bonds is 5. The van der Waals surface area contributed by atoms with Gasteiger partial charge >= 0.3 is 6.36 Å². The third-order valence-corrected chi connectivity index (χ3v) is 5.53. The fourth-order valence-electron chi connectivity index (χ4n) is 4.33. The van der Waals surface area contributed by atoms with Crippen molar-refractivity contribution >= 4 is 5.91 Å². The molecule has 2 fully saturated rings. The summed E-state index contributed by atoms with van der Waals surface area (Å²) in [5, 5.41) is 3.04. The lowest BCUT2D eigenvalue weighted by Gasteiger charge is -2.49. The molecule has 3 rings (SSSR count). The summed E-state index contributed by atoms with van der Waals surface area (Å²) in [5.74, 6) is -0.0391. The molecule has 0 aromatic heterocycles. The van der Waals surface area contributed by atoms with Crippen LogP contribution in [0.3, 0.4) is 0 Å². The Morgan fingerprint density at radius 2 is 2.17 bits per heavy atom. The van der Waals surface area contributed by atoms with E-state index >= 15 is 0 Å². The van der Waals surface area contributed by atoms with Crippen molar-refractivity contribution in [1.29, 1.82) is 0 Å². The van der Waals surface area contributed by atoms with Crippen LogP contribution in [0.5, 0.6) is 11.5 Å². The van der Waals surface area contributed by atoms with Gasteiger partial charge in [-0.2, -0.15) is 0 Å². The van der Waals surface area contributed by atoms with E-state index in [1.165, 1.54) is 26.2 Å². The van der Waals surface area contributed by atoms with E-state index in [9.17, 15) is 18.0 Å². The number of carbonyl (C=O) groups excluding carboxylic acids is 1. The van der Waals surface area contributed by atoms with Crippen molar-refractivity contribution in [3.63, 3.8) is 0 Å². The van der Waals surface area contributed by atoms with Gasteiger partial charge in [-0.3, -0.25) is 9.69 Å². The summed E-state index contributed by atoms with van der Waals surface area (Å²) in [7, 11) is 1.42. The fourth-order valence-corrected chi connectivity index (χ4v) is 4.33. The van der Waals surface area contributed by atoms with Gasteiger partial charge in [-0.05, 0) is 18.9 Å². The SMILES string of the molecule is COc1cc(OC(F)(F)F)ccc1CN1CCO[C@]2(CCCC[C@@H]2NC(C)=O)C1. The number of halogens is 3. The summed E-state index contributed by atoms with van der Waals surface area (Å²) in [6, 6.07) is 4.09. The number of hydrogen-bond acceptors (Lipinski definition) is 5. The first kappa shape index (κ1) is 21.7. The van der Waals surface area contributed by atoms with Crippen LogP contribution in [0.15, 0.2) is 18.2 Å². The van der Waals surface area contributed by atoms with Gasteiger partial charge in [0.2, 0.25) is 5.91 Å². The van der Waals surface area contributed by atoms with Crippen LogP contribution in [-0.2, 0) is 16.1 Å². The Morgan fingerprint density at radius 3 is 2.86 bits per heavy atom. The Hall–Kier alpha value is -2.00. The van der Waals surface area contributed by atoms with E-state index < -0.39 is 12.0 Å². The molecule has 0 bridgehead atoms. The lowest BCUT2D eigenvalue weighted by atomic mass is 9.78.